The summed E-state index contributed by atoms with van der Waals surface area (Å²) in [6.45, 7) is 5.30. The largest absolute Gasteiger partial charge is 0.313 e. The Bertz CT molecular complexity index is 339. The highest BCUT2D eigenvalue weighted by Crippen LogP contribution is 2.19. The van der Waals surface area contributed by atoms with E-state index < -0.39 is 0 Å². The van der Waals surface area contributed by atoms with Crippen LogP contribution in [-0.2, 0) is 0 Å². The monoisotopic (exact) mass is 250 g/mol. The van der Waals surface area contributed by atoms with E-state index in [2.05, 4.69) is 36.3 Å². The second-order valence-corrected chi connectivity index (χ2v) is 6.02. The molecule has 0 aromatic carbocycles. The number of aromatic nitrogens is 1. The summed E-state index contributed by atoms with van der Waals surface area (Å²) in [7, 11) is 0. The summed E-state index contributed by atoms with van der Waals surface area (Å²) < 4.78 is 0. The molecule has 1 heterocycles. The van der Waals surface area contributed by atoms with Gasteiger partial charge in [-0.15, -0.1) is 11.8 Å². The van der Waals surface area contributed by atoms with Crippen LogP contribution in [0.5, 0.6) is 0 Å². The molecule has 2 rings (SSSR count). The van der Waals surface area contributed by atoms with Crippen LogP contribution in [0.25, 0.3) is 0 Å². The van der Waals surface area contributed by atoms with E-state index in [1.54, 1.807) is 0 Å². The smallest absolute Gasteiger partial charge is 0.0966 e. The Morgan fingerprint density at radius 2 is 2.06 bits per heavy atom. The minimum Gasteiger partial charge on any atom is -0.313 e. The van der Waals surface area contributed by atoms with Gasteiger partial charge in [-0.2, -0.15) is 0 Å². The van der Waals surface area contributed by atoms with Gasteiger partial charge >= 0.3 is 0 Å². The first-order chi connectivity index (χ1) is 8.24. The van der Waals surface area contributed by atoms with Crippen molar-refractivity contribution in [2.24, 2.45) is 0 Å². The molecule has 1 aromatic heterocycles. The molecule has 0 bridgehead atoms. The van der Waals surface area contributed by atoms with E-state index in [0.29, 0.717) is 0 Å². The van der Waals surface area contributed by atoms with Gasteiger partial charge in [-0.3, -0.25) is 0 Å². The quantitative estimate of drug-likeness (QED) is 0.641. The lowest BCUT2D eigenvalue weighted by Gasteiger charge is -2.11. The Labute approximate surface area is 109 Å². The molecule has 3 heteroatoms. The first kappa shape index (κ1) is 12.9. The van der Waals surface area contributed by atoms with Gasteiger partial charge in [0, 0.05) is 24.0 Å². The summed E-state index contributed by atoms with van der Waals surface area (Å²) in [6.07, 6.45) is 5.55. The average Bonchev–Trinajstić information content (AvgIpc) is 2.76. The van der Waals surface area contributed by atoms with Crippen LogP contribution in [0.2, 0.25) is 0 Å². The zero-order valence-electron chi connectivity index (χ0n) is 10.8. The molecule has 0 spiro atoms. The molecular formula is C14H22N2S. The van der Waals surface area contributed by atoms with Gasteiger partial charge in [0.2, 0.25) is 0 Å². The van der Waals surface area contributed by atoms with Crippen LogP contribution in [0.3, 0.4) is 0 Å². The number of aryl methyl sites for hydroxylation is 2. The molecule has 1 fully saturated rings. The van der Waals surface area contributed by atoms with Gasteiger partial charge in [0.05, 0.1) is 5.03 Å². The highest BCUT2D eigenvalue weighted by Gasteiger charge is 2.13. The summed E-state index contributed by atoms with van der Waals surface area (Å²) >= 11 is 1.86. The molecule has 17 heavy (non-hydrogen) atoms. The third-order valence-corrected chi connectivity index (χ3v) is 4.13. The van der Waals surface area contributed by atoms with Crippen LogP contribution >= 0.6 is 11.8 Å². The predicted molar refractivity (Wildman–Crippen MR) is 74.7 cm³/mol. The predicted octanol–water partition coefficient (Wildman–Crippen LogP) is 3.32. The number of hydrogen-bond acceptors (Lipinski definition) is 3. The van der Waals surface area contributed by atoms with Crippen molar-refractivity contribution in [2.45, 2.75) is 50.6 Å². The first-order valence-corrected chi connectivity index (χ1v) is 7.54. The Hall–Kier alpha value is -0.540. The van der Waals surface area contributed by atoms with Gasteiger partial charge < -0.3 is 5.32 Å². The van der Waals surface area contributed by atoms with Crippen molar-refractivity contribution in [3.05, 3.63) is 23.4 Å². The lowest BCUT2D eigenvalue weighted by atomic mass is 10.2. The molecule has 1 saturated carbocycles. The molecule has 2 nitrogen and oxygen atoms in total. The summed E-state index contributed by atoms with van der Waals surface area (Å²) in [6, 6.07) is 5.08. The highest BCUT2D eigenvalue weighted by molar-refractivity contribution is 7.99. The van der Waals surface area contributed by atoms with E-state index in [1.165, 1.54) is 31.2 Å². The summed E-state index contributed by atoms with van der Waals surface area (Å²) in [5.41, 5.74) is 2.43. The number of rotatable bonds is 5. The van der Waals surface area contributed by atoms with Gasteiger partial charge in [0.15, 0.2) is 0 Å². The van der Waals surface area contributed by atoms with Crippen molar-refractivity contribution >= 4 is 11.8 Å². The third kappa shape index (κ3) is 4.32. The number of thioether (sulfide) groups is 1. The third-order valence-electron chi connectivity index (χ3n) is 3.21. The molecule has 0 amide bonds. The molecule has 0 unspecified atom stereocenters. The van der Waals surface area contributed by atoms with Gasteiger partial charge in [-0.05, 0) is 44.4 Å². The Morgan fingerprint density at radius 1 is 1.29 bits per heavy atom. The molecule has 1 aromatic rings. The maximum Gasteiger partial charge on any atom is 0.0966 e. The fourth-order valence-corrected chi connectivity index (χ4v) is 3.33. The van der Waals surface area contributed by atoms with Crippen LogP contribution in [0, 0.1) is 13.8 Å². The Kier molecular flexibility index (Phi) is 4.86. The molecule has 0 radical (unpaired) electrons. The van der Waals surface area contributed by atoms with Gasteiger partial charge in [-0.25, -0.2) is 4.98 Å². The van der Waals surface area contributed by atoms with Gasteiger partial charge in [0.25, 0.3) is 0 Å². The number of nitrogens with one attached hydrogen (secondary N) is 1. The normalized spacial score (nSPS) is 16.6. The lowest BCUT2D eigenvalue weighted by molar-refractivity contribution is 0.545. The zero-order valence-corrected chi connectivity index (χ0v) is 11.6. The minimum absolute atomic E-state index is 0.780. The number of nitrogens with zero attached hydrogens (tertiary/aromatic N) is 1. The van der Waals surface area contributed by atoms with Crippen molar-refractivity contribution in [3.63, 3.8) is 0 Å². The number of pyridine rings is 1. The van der Waals surface area contributed by atoms with Crippen molar-refractivity contribution in [2.75, 3.05) is 12.3 Å². The number of hydrogen-bond donors (Lipinski definition) is 1. The van der Waals surface area contributed by atoms with Crippen molar-refractivity contribution in [1.29, 1.82) is 0 Å². The van der Waals surface area contributed by atoms with Crippen LogP contribution < -0.4 is 5.32 Å². The van der Waals surface area contributed by atoms with E-state index in [9.17, 15) is 0 Å². The van der Waals surface area contributed by atoms with E-state index in [4.69, 9.17) is 0 Å². The molecular weight excluding hydrogens is 228 g/mol. The van der Waals surface area contributed by atoms with E-state index >= 15 is 0 Å². The molecule has 1 aliphatic rings. The maximum atomic E-state index is 4.54. The van der Waals surface area contributed by atoms with Crippen molar-refractivity contribution in [3.8, 4) is 0 Å². The zero-order chi connectivity index (χ0) is 12.1. The Morgan fingerprint density at radius 3 is 2.76 bits per heavy atom. The molecule has 1 aliphatic carbocycles. The first-order valence-electron chi connectivity index (χ1n) is 6.55. The van der Waals surface area contributed by atoms with Gasteiger partial charge in [0.1, 0.15) is 0 Å². The van der Waals surface area contributed by atoms with Gasteiger partial charge in [-0.1, -0.05) is 12.8 Å². The minimum atomic E-state index is 0.780. The van der Waals surface area contributed by atoms with E-state index in [-0.39, 0.29) is 0 Å². The highest BCUT2D eigenvalue weighted by atomic mass is 32.2. The maximum absolute atomic E-state index is 4.54. The molecule has 94 valence electrons. The van der Waals surface area contributed by atoms with Crippen LogP contribution in [-0.4, -0.2) is 23.3 Å². The summed E-state index contributed by atoms with van der Waals surface area (Å²) in [4.78, 5) is 4.54. The fraction of sp³-hybridized carbons (Fsp3) is 0.643. The molecule has 1 N–H and O–H groups in total. The van der Waals surface area contributed by atoms with Crippen LogP contribution in [0.15, 0.2) is 17.2 Å². The standard InChI is InChI=1S/C14H22N2S/c1-11-9-12(2)16-14(10-11)17-8-7-15-13-5-3-4-6-13/h9-10,13,15H,3-8H2,1-2H3. The van der Waals surface area contributed by atoms with Crippen LogP contribution in [0.1, 0.15) is 36.9 Å². The van der Waals surface area contributed by atoms with Crippen molar-refractivity contribution < 1.29 is 0 Å². The SMILES string of the molecule is Cc1cc(C)nc(SCCNC2CCCC2)c1. The molecule has 0 aliphatic heterocycles. The van der Waals surface area contributed by atoms with Crippen LogP contribution in [0.4, 0.5) is 0 Å². The molecule has 0 saturated heterocycles. The second-order valence-electron chi connectivity index (χ2n) is 4.91. The topological polar surface area (TPSA) is 24.9 Å². The molecule has 0 atom stereocenters. The fourth-order valence-electron chi connectivity index (χ4n) is 2.43. The average molecular weight is 250 g/mol. The summed E-state index contributed by atoms with van der Waals surface area (Å²) in [5.74, 6) is 1.12. The van der Waals surface area contributed by atoms with Crippen molar-refractivity contribution in [1.82, 2.24) is 10.3 Å². The Balaban J connectivity index is 1.70. The van der Waals surface area contributed by atoms with E-state index in [0.717, 1.165) is 29.1 Å². The van der Waals surface area contributed by atoms with E-state index in [1.807, 2.05) is 11.8 Å². The lowest BCUT2D eigenvalue weighted by Crippen LogP contribution is -2.28. The second kappa shape index (κ2) is 6.41. The summed E-state index contributed by atoms with van der Waals surface area (Å²) in [5, 5.41) is 4.80.